The van der Waals surface area contributed by atoms with Crippen molar-refractivity contribution < 1.29 is 46.8 Å². The van der Waals surface area contributed by atoms with Crippen molar-refractivity contribution in [2.24, 2.45) is 0 Å². The maximum Gasteiger partial charge on any atom is 0.303 e. The van der Waals surface area contributed by atoms with Gasteiger partial charge in [0, 0.05) is 43.3 Å². The van der Waals surface area contributed by atoms with Gasteiger partial charge in [0.25, 0.3) is 0 Å². The van der Waals surface area contributed by atoms with Crippen molar-refractivity contribution in [2.45, 2.75) is 26.2 Å². The number of rotatable bonds is 3. The Morgan fingerprint density at radius 3 is 2.25 bits per heavy atom. The molecule has 0 spiro atoms. The Balaban J connectivity index is 0. The second-order valence-corrected chi connectivity index (χ2v) is 1.50. The molecule has 2 nitrogen and oxygen atoms in total. The number of hydrogen-bond acceptors (Lipinski definition) is 1. The normalized spacial score (nSPS) is 7.62. The van der Waals surface area contributed by atoms with Crippen molar-refractivity contribution in [3.63, 3.8) is 0 Å². The van der Waals surface area contributed by atoms with Gasteiger partial charge in [0.1, 0.15) is 0 Å². The van der Waals surface area contributed by atoms with Crippen molar-refractivity contribution in [3.05, 3.63) is 0 Å². The summed E-state index contributed by atoms with van der Waals surface area (Å²) in [4.78, 5) is 9.76. The average molecular weight is 277 g/mol. The summed E-state index contributed by atoms with van der Waals surface area (Å²) in [5.41, 5.74) is 0. The third-order valence-corrected chi connectivity index (χ3v) is 0.744. The van der Waals surface area contributed by atoms with E-state index in [-0.39, 0.29) is 36.9 Å². The van der Waals surface area contributed by atoms with Crippen LogP contribution in [0.1, 0.15) is 26.2 Å². The molecule has 0 atom stereocenters. The van der Waals surface area contributed by atoms with Crippen molar-refractivity contribution in [2.75, 3.05) is 0 Å². The van der Waals surface area contributed by atoms with E-state index >= 15 is 0 Å². The van der Waals surface area contributed by atoms with Crippen molar-refractivity contribution in [3.8, 4) is 0 Å². The summed E-state index contributed by atoms with van der Waals surface area (Å²) >= 11 is 0. The third kappa shape index (κ3) is 9.86. The molecule has 57 valence electrons. The number of aliphatic carboxylic acids is 1. The van der Waals surface area contributed by atoms with Crippen LogP contribution in [-0.2, 0) is 4.79 Å². The summed E-state index contributed by atoms with van der Waals surface area (Å²) in [5.74, 6) is -0.693. The van der Waals surface area contributed by atoms with E-state index in [2.05, 4.69) is 0 Å². The van der Waals surface area contributed by atoms with Crippen molar-refractivity contribution in [1.29, 1.82) is 0 Å². The van der Waals surface area contributed by atoms with Gasteiger partial charge in [0.2, 0.25) is 0 Å². The zero-order valence-electron chi connectivity index (χ0n) is 4.73. The van der Waals surface area contributed by atoms with Crippen LogP contribution in [0.25, 0.3) is 0 Å². The average Bonchev–Trinajstić information content (AvgIpc) is 1.61. The van der Waals surface area contributed by atoms with Gasteiger partial charge in [0.15, 0.2) is 0 Å². The van der Waals surface area contributed by atoms with Crippen LogP contribution in [0.4, 0.5) is 0 Å². The van der Waals surface area contributed by atoms with E-state index in [0.717, 1.165) is 12.8 Å². The molecule has 0 heterocycles. The van der Waals surface area contributed by atoms with Crippen LogP contribution in [0.3, 0.4) is 0 Å². The van der Waals surface area contributed by atoms with Crippen LogP contribution < -0.4 is 0 Å². The van der Waals surface area contributed by atoms with E-state index in [1.807, 2.05) is 6.92 Å². The van der Waals surface area contributed by atoms with Gasteiger partial charge in [-0.1, -0.05) is 13.3 Å². The monoisotopic (exact) mass is 277 g/mol. The van der Waals surface area contributed by atoms with Gasteiger partial charge in [-0.25, -0.2) is 0 Å². The van der Waals surface area contributed by atoms with Crippen LogP contribution in [0.2, 0.25) is 0 Å². The molecule has 0 aromatic rings. The first-order valence-electron chi connectivity index (χ1n) is 2.49. The zero-order valence-corrected chi connectivity index (χ0v) is 6.39. The molecule has 0 amide bonds. The Labute approximate surface area is 78.5 Å². The van der Waals surface area contributed by atoms with Crippen molar-refractivity contribution >= 4 is 5.97 Å². The Bertz CT molecular complexity index is 63.4. The number of carboxylic acid groups (broad SMARTS) is 1. The summed E-state index contributed by atoms with van der Waals surface area (Å²) in [6, 6.07) is 0. The molecule has 8 heavy (non-hydrogen) atoms. The van der Waals surface area contributed by atoms with Gasteiger partial charge >= 0.3 is 5.97 Å². The smallest absolute Gasteiger partial charge is 0.303 e. The second-order valence-electron chi connectivity index (χ2n) is 1.50. The van der Waals surface area contributed by atoms with Gasteiger partial charge in [-0.3, -0.25) is 4.79 Å². The fourth-order valence-electron chi connectivity index (χ4n) is 0.328. The van der Waals surface area contributed by atoms with Crippen LogP contribution >= 0.6 is 0 Å². The van der Waals surface area contributed by atoms with Gasteiger partial charge < -0.3 is 5.11 Å². The van der Waals surface area contributed by atoms with E-state index in [4.69, 9.17) is 5.11 Å². The molecular weight excluding hydrogens is 267 g/mol. The number of carbonyl (C=O) groups is 1. The summed E-state index contributed by atoms with van der Waals surface area (Å²) in [7, 11) is 0. The number of carboxylic acids is 1. The Morgan fingerprint density at radius 1 is 1.62 bits per heavy atom. The fourth-order valence-corrected chi connectivity index (χ4v) is 0.328. The van der Waals surface area contributed by atoms with Crippen LogP contribution in [0.5, 0.6) is 0 Å². The molecule has 3 heteroatoms. The minimum atomic E-state index is -0.693. The largest absolute Gasteiger partial charge is 0.481 e. The minimum Gasteiger partial charge on any atom is -0.481 e. The molecule has 0 aromatic carbocycles. The predicted octanol–water partition coefficient (Wildman–Crippen LogP) is 1.26. The zero-order chi connectivity index (χ0) is 5.70. The second kappa shape index (κ2) is 7.70. The predicted molar refractivity (Wildman–Crippen MR) is 27.2 cm³/mol. The van der Waals surface area contributed by atoms with Gasteiger partial charge in [-0.05, 0) is 6.42 Å². The van der Waals surface area contributed by atoms with Gasteiger partial charge in [0.05, 0.1) is 0 Å². The fraction of sp³-hybridized carbons (Fsp3) is 0.800. The van der Waals surface area contributed by atoms with Gasteiger partial charge in [-0.15, -0.1) is 0 Å². The quantitative estimate of drug-likeness (QED) is 0.843. The van der Waals surface area contributed by atoms with Gasteiger partial charge in [-0.2, -0.15) is 0 Å². The van der Waals surface area contributed by atoms with E-state index in [1.54, 1.807) is 0 Å². The molecule has 1 N–H and O–H groups in total. The first kappa shape index (κ1) is 11.5. The third-order valence-electron chi connectivity index (χ3n) is 0.744. The first-order valence-corrected chi connectivity index (χ1v) is 2.49. The van der Waals surface area contributed by atoms with Crippen LogP contribution in [0.15, 0.2) is 0 Å². The molecule has 0 unspecified atom stereocenters. The molecule has 0 aliphatic rings. The molecule has 0 aliphatic carbocycles. The molecule has 0 aliphatic heterocycles. The topological polar surface area (TPSA) is 37.3 Å². The maximum atomic E-state index is 9.76. The SMILES string of the molecule is CCCCC(=O)O.[Lu]. The molecule has 0 fully saturated rings. The maximum absolute atomic E-state index is 9.76. The molecule has 1 radical (unpaired) electrons. The van der Waals surface area contributed by atoms with E-state index in [0.29, 0.717) is 6.42 Å². The van der Waals surface area contributed by atoms with E-state index in [1.165, 1.54) is 0 Å². The Hall–Kier alpha value is 0.704. The summed E-state index contributed by atoms with van der Waals surface area (Å²) < 4.78 is 0. The molecular formula is C5H10LuO2. The minimum absolute atomic E-state index is 0. The van der Waals surface area contributed by atoms with Crippen LogP contribution in [-0.4, -0.2) is 11.1 Å². The van der Waals surface area contributed by atoms with E-state index in [9.17, 15) is 4.79 Å². The Kier molecular flexibility index (Phi) is 11.1. The van der Waals surface area contributed by atoms with Crippen molar-refractivity contribution in [1.82, 2.24) is 0 Å². The Morgan fingerprint density at radius 2 is 2.12 bits per heavy atom. The summed E-state index contributed by atoms with van der Waals surface area (Å²) in [6.07, 6.45) is 2.08. The number of hydrogen-bond donors (Lipinski definition) is 1. The van der Waals surface area contributed by atoms with Crippen LogP contribution in [0, 0.1) is 36.9 Å². The molecule has 0 bridgehead atoms. The molecule has 0 saturated carbocycles. The summed E-state index contributed by atoms with van der Waals surface area (Å²) in [6.45, 7) is 1.98. The number of unbranched alkanes of at least 4 members (excludes halogenated alkanes) is 1. The standard InChI is InChI=1S/C5H10O2.Lu/c1-2-3-4-5(6)7;/h2-4H2,1H3,(H,6,7);. The molecule has 0 aromatic heterocycles. The first-order chi connectivity index (χ1) is 3.27. The summed E-state index contributed by atoms with van der Waals surface area (Å²) in [5, 5.41) is 8.04. The molecule has 0 saturated heterocycles. The molecule has 0 rings (SSSR count). The van der Waals surface area contributed by atoms with E-state index < -0.39 is 5.97 Å².